The summed E-state index contributed by atoms with van der Waals surface area (Å²) in [6, 6.07) is 5.28. The van der Waals surface area contributed by atoms with Crippen molar-refractivity contribution in [3.63, 3.8) is 0 Å². The van der Waals surface area contributed by atoms with Crippen molar-refractivity contribution in [2.24, 2.45) is 11.8 Å². The van der Waals surface area contributed by atoms with E-state index in [4.69, 9.17) is 0 Å². The molecule has 5 nitrogen and oxygen atoms in total. The van der Waals surface area contributed by atoms with Crippen LogP contribution in [-0.2, 0) is 0 Å². The number of aryl methyl sites for hydroxylation is 1. The molecule has 126 valence electrons. The zero-order chi connectivity index (χ0) is 16.7. The molecular formula is C18H26N2O3. The van der Waals surface area contributed by atoms with Gasteiger partial charge in [0.15, 0.2) is 0 Å². The first-order valence-electron chi connectivity index (χ1n) is 8.30. The number of likely N-dealkylation sites (N-methyl/N-ethyl adjacent to an activating group) is 1. The lowest BCUT2D eigenvalue weighted by Gasteiger charge is -2.38. The second-order valence-corrected chi connectivity index (χ2v) is 7.30. The van der Waals surface area contributed by atoms with Gasteiger partial charge in [-0.15, -0.1) is 0 Å². The molecule has 2 N–H and O–H groups in total. The fraction of sp³-hybridized carbons (Fsp3) is 0.611. The molecule has 3 rings (SSSR count). The lowest BCUT2D eigenvalue weighted by Crippen LogP contribution is -2.46. The molecule has 2 fully saturated rings. The largest absolute Gasteiger partial charge is 0.508 e. The maximum Gasteiger partial charge on any atom is 0.254 e. The lowest BCUT2D eigenvalue weighted by atomic mass is 9.77. The van der Waals surface area contributed by atoms with Crippen molar-refractivity contribution in [3.8, 4) is 5.75 Å². The van der Waals surface area contributed by atoms with Gasteiger partial charge in [0.1, 0.15) is 5.75 Å². The van der Waals surface area contributed by atoms with E-state index in [1.807, 2.05) is 25.9 Å². The second kappa shape index (κ2) is 6.13. The Labute approximate surface area is 137 Å². The quantitative estimate of drug-likeness (QED) is 0.867. The number of fused-ring (bicyclic) bond motifs is 1. The SMILES string of the molecule is Cc1ccc(C(=O)N2C[C@H]3C[C@@H](N(C)C)[C@H](O)C[C@H]3C2)cc1O. The van der Waals surface area contributed by atoms with Gasteiger partial charge in [-0.2, -0.15) is 0 Å². The van der Waals surface area contributed by atoms with E-state index in [9.17, 15) is 15.0 Å². The maximum atomic E-state index is 12.7. The van der Waals surface area contributed by atoms with Crippen LogP contribution in [0.2, 0.25) is 0 Å². The van der Waals surface area contributed by atoms with Gasteiger partial charge in [0, 0.05) is 24.7 Å². The van der Waals surface area contributed by atoms with E-state index in [2.05, 4.69) is 4.90 Å². The normalized spacial score (nSPS) is 30.6. The van der Waals surface area contributed by atoms with E-state index in [0.717, 1.165) is 24.9 Å². The van der Waals surface area contributed by atoms with Gasteiger partial charge in [0.2, 0.25) is 0 Å². The summed E-state index contributed by atoms with van der Waals surface area (Å²) >= 11 is 0. The van der Waals surface area contributed by atoms with Gasteiger partial charge in [0.05, 0.1) is 6.10 Å². The van der Waals surface area contributed by atoms with Crippen LogP contribution >= 0.6 is 0 Å². The van der Waals surface area contributed by atoms with Crippen molar-refractivity contribution in [2.45, 2.75) is 31.9 Å². The molecule has 0 radical (unpaired) electrons. The summed E-state index contributed by atoms with van der Waals surface area (Å²) in [6.45, 7) is 3.27. The highest BCUT2D eigenvalue weighted by Crippen LogP contribution is 2.38. The van der Waals surface area contributed by atoms with Crippen LogP contribution < -0.4 is 0 Å². The number of aliphatic hydroxyl groups is 1. The molecule has 4 atom stereocenters. The Morgan fingerprint density at radius 2 is 1.87 bits per heavy atom. The third kappa shape index (κ3) is 3.08. The summed E-state index contributed by atoms with van der Waals surface area (Å²) in [7, 11) is 4.00. The zero-order valence-corrected chi connectivity index (χ0v) is 14.1. The molecule has 23 heavy (non-hydrogen) atoms. The van der Waals surface area contributed by atoms with Gasteiger partial charge in [-0.05, 0) is 63.4 Å². The fourth-order valence-corrected chi connectivity index (χ4v) is 4.05. The number of likely N-dealkylation sites (tertiary alicyclic amines) is 1. The van der Waals surface area contributed by atoms with Gasteiger partial charge in [-0.25, -0.2) is 0 Å². The second-order valence-electron chi connectivity index (χ2n) is 7.30. The van der Waals surface area contributed by atoms with Gasteiger partial charge < -0.3 is 20.0 Å². The number of benzene rings is 1. The van der Waals surface area contributed by atoms with Gasteiger partial charge in [0.25, 0.3) is 5.91 Å². The topological polar surface area (TPSA) is 64.0 Å². The number of hydrogen-bond donors (Lipinski definition) is 2. The van der Waals surface area contributed by atoms with Crippen LogP contribution in [0.4, 0.5) is 0 Å². The number of carbonyl (C=O) groups excluding carboxylic acids is 1. The number of nitrogens with zero attached hydrogens (tertiary/aromatic N) is 2. The van der Waals surface area contributed by atoms with Crippen LogP contribution in [0.25, 0.3) is 0 Å². The number of aliphatic hydroxyl groups excluding tert-OH is 1. The van der Waals surface area contributed by atoms with Crippen molar-refractivity contribution in [2.75, 3.05) is 27.2 Å². The molecule has 1 aromatic carbocycles. The Balaban J connectivity index is 1.72. The summed E-state index contributed by atoms with van der Waals surface area (Å²) in [4.78, 5) is 16.7. The average Bonchev–Trinajstić information content (AvgIpc) is 2.91. The number of carbonyl (C=O) groups is 1. The first-order valence-corrected chi connectivity index (χ1v) is 8.30. The summed E-state index contributed by atoms with van der Waals surface area (Å²) in [6.07, 6.45) is 1.38. The van der Waals surface area contributed by atoms with E-state index >= 15 is 0 Å². The van der Waals surface area contributed by atoms with Crippen molar-refractivity contribution in [3.05, 3.63) is 29.3 Å². The highest BCUT2D eigenvalue weighted by Gasteiger charge is 2.43. The van der Waals surface area contributed by atoms with Crippen molar-refractivity contribution >= 4 is 5.91 Å². The fourth-order valence-electron chi connectivity index (χ4n) is 4.05. The van der Waals surface area contributed by atoms with Crippen molar-refractivity contribution in [1.82, 2.24) is 9.80 Å². The summed E-state index contributed by atoms with van der Waals surface area (Å²) in [5, 5.41) is 20.1. The molecule has 1 aliphatic carbocycles. The van der Waals surface area contributed by atoms with Crippen LogP contribution in [-0.4, -0.2) is 65.3 Å². The van der Waals surface area contributed by atoms with E-state index in [-0.39, 0.29) is 23.8 Å². The van der Waals surface area contributed by atoms with Crippen LogP contribution in [0.5, 0.6) is 5.75 Å². The molecule has 1 aromatic rings. The molecule has 0 aromatic heterocycles. The molecule has 1 saturated carbocycles. The monoisotopic (exact) mass is 318 g/mol. The van der Waals surface area contributed by atoms with Crippen LogP contribution in [0.15, 0.2) is 18.2 Å². The molecule has 0 spiro atoms. The molecule has 1 amide bonds. The van der Waals surface area contributed by atoms with Gasteiger partial charge in [-0.3, -0.25) is 4.79 Å². The highest BCUT2D eigenvalue weighted by molar-refractivity contribution is 5.95. The Morgan fingerprint density at radius 3 is 2.48 bits per heavy atom. The minimum absolute atomic E-state index is 0.0226. The molecule has 1 aliphatic heterocycles. The molecule has 0 bridgehead atoms. The molecule has 1 saturated heterocycles. The first-order chi connectivity index (χ1) is 10.9. The molecule has 5 heteroatoms. The first kappa shape index (κ1) is 16.3. The molecule has 0 unspecified atom stereocenters. The Hall–Kier alpha value is -1.59. The zero-order valence-electron chi connectivity index (χ0n) is 14.1. The van der Waals surface area contributed by atoms with Crippen LogP contribution in [0.1, 0.15) is 28.8 Å². The molecular weight excluding hydrogens is 292 g/mol. The third-order valence-electron chi connectivity index (χ3n) is 5.52. The summed E-state index contributed by atoms with van der Waals surface area (Å²) < 4.78 is 0. The number of aromatic hydroxyl groups is 1. The van der Waals surface area contributed by atoms with E-state index in [0.29, 0.717) is 23.9 Å². The van der Waals surface area contributed by atoms with Crippen LogP contribution in [0.3, 0.4) is 0 Å². The predicted octanol–water partition coefficient (Wildman–Crippen LogP) is 1.47. The third-order valence-corrected chi connectivity index (χ3v) is 5.52. The molecule has 1 heterocycles. The standard InChI is InChI=1S/C18H26N2O3/c1-11-4-5-12(7-16(11)21)18(23)20-9-13-6-15(19(2)3)17(22)8-14(13)10-20/h4-5,7,13-15,17,21-22H,6,8-10H2,1-3H3/t13-,14+,15-,17-/m1/s1. The van der Waals surface area contributed by atoms with Gasteiger partial charge in [-0.1, -0.05) is 6.07 Å². The highest BCUT2D eigenvalue weighted by atomic mass is 16.3. The lowest BCUT2D eigenvalue weighted by molar-refractivity contribution is 0.00940. The van der Waals surface area contributed by atoms with Crippen molar-refractivity contribution < 1.29 is 15.0 Å². The summed E-state index contributed by atoms with van der Waals surface area (Å²) in [5.74, 6) is 0.971. The number of hydrogen-bond acceptors (Lipinski definition) is 4. The van der Waals surface area contributed by atoms with E-state index in [1.54, 1.807) is 18.2 Å². The Morgan fingerprint density at radius 1 is 1.22 bits per heavy atom. The maximum absolute atomic E-state index is 12.7. The van der Waals surface area contributed by atoms with E-state index < -0.39 is 0 Å². The van der Waals surface area contributed by atoms with Crippen LogP contribution in [0, 0.1) is 18.8 Å². The number of rotatable bonds is 2. The van der Waals surface area contributed by atoms with Crippen molar-refractivity contribution in [1.29, 1.82) is 0 Å². The van der Waals surface area contributed by atoms with E-state index in [1.165, 1.54) is 0 Å². The number of phenols is 1. The Bertz CT molecular complexity index is 602. The average molecular weight is 318 g/mol. The summed E-state index contributed by atoms with van der Waals surface area (Å²) in [5.41, 5.74) is 1.31. The smallest absolute Gasteiger partial charge is 0.254 e. The number of phenolic OH excluding ortho intramolecular Hbond substituents is 1. The molecule has 2 aliphatic rings. The number of amides is 1. The predicted molar refractivity (Wildman–Crippen MR) is 88.4 cm³/mol. The van der Waals surface area contributed by atoms with Gasteiger partial charge >= 0.3 is 0 Å². The Kier molecular flexibility index (Phi) is 4.34. The minimum atomic E-state index is -0.315. The minimum Gasteiger partial charge on any atom is -0.508 e.